The first-order valence-electron chi connectivity index (χ1n) is 6.60. The average Bonchev–Trinajstić information content (AvgIpc) is 3.00. The molecule has 4 nitrogen and oxygen atoms in total. The minimum absolute atomic E-state index is 0.0293. The largest absolute Gasteiger partial charge is 0.491 e. The van der Waals surface area contributed by atoms with Gasteiger partial charge in [0.25, 0.3) is 0 Å². The number of rotatable bonds is 5. The molecular formula is C16H16N2O2. The van der Waals surface area contributed by atoms with Gasteiger partial charge in [-0.25, -0.2) is 0 Å². The summed E-state index contributed by atoms with van der Waals surface area (Å²) < 4.78 is 7.61. The van der Waals surface area contributed by atoms with Gasteiger partial charge in [0.05, 0.1) is 13.2 Å². The second-order valence-electron chi connectivity index (χ2n) is 4.54. The molecule has 0 bridgehead atoms. The Balaban J connectivity index is 1.80. The number of hydrogen-bond acceptors (Lipinski definition) is 3. The Morgan fingerprint density at radius 2 is 2.00 bits per heavy atom. The van der Waals surface area contributed by atoms with Crippen LogP contribution < -0.4 is 4.74 Å². The molecule has 0 aliphatic carbocycles. The highest BCUT2D eigenvalue weighted by Crippen LogP contribution is 2.28. The number of hydrogen-bond donors (Lipinski definition) is 1. The van der Waals surface area contributed by atoms with Crippen LogP contribution in [0.1, 0.15) is 5.56 Å². The third-order valence-corrected chi connectivity index (χ3v) is 3.29. The van der Waals surface area contributed by atoms with Crippen molar-refractivity contribution in [1.82, 2.24) is 9.78 Å². The topological polar surface area (TPSA) is 47.3 Å². The van der Waals surface area contributed by atoms with Crippen LogP contribution in [0.5, 0.6) is 5.75 Å². The van der Waals surface area contributed by atoms with Crippen LogP contribution in [-0.2, 0) is 13.2 Å². The van der Waals surface area contributed by atoms with E-state index in [1.807, 2.05) is 53.3 Å². The van der Waals surface area contributed by atoms with Gasteiger partial charge in [-0.05, 0) is 22.9 Å². The third kappa shape index (κ3) is 2.51. The van der Waals surface area contributed by atoms with Crippen molar-refractivity contribution in [2.45, 2.75) is 13.2 Å². The van der Waals surface area contributed by atoms with Crippen molar-refractivity contribution in [3.8, 4) is 5.75 Å². The molecule has 0 radical (unpaired) electrons. The van der Waals surface area contributed by atoms with E-state index in [1.54, 1.807) is 6.20 Å². The Hall–Kier alpha value is -2.33. The van der Waals surface area contributed by atoms with Crippen LogP contribution in [0, 0.1) is 0 Å². The molecule has 0 amide bonds. The summed E-state index contributed by atoms with van der Waals surface area (Å²) in [4.78, 5) is 0. The van der Waals surface area contributed by atoms with Gasteiger partial charge in [0.1, 0.15) is 12.4 Å². The van der Waals surface area contributed by atoms with E-state index < -0.39 is 0 Å². The maximum atomic E-state index is 9.60. The lowest BCUT2D eigenvalue weighted by molar-refractivity contribution is 0.257. The van der Waals surface area contributed by atoms with Gasteiger partial charge in [-0.2, -0.15) is 5.10 Å². The number of aliphatic hydroxyl groups is 1. The third-order valence-electron chi connectivity index (χ3n) is 3.29. The molecule has 0 aliphatic rings. The van der Waals surface area contributed by atoms with E-state index in [4.69, 9.17) is 4.74 Å². The molecule has 0 saturated heterocycles. The van der Waals surface area contributed by atoms with Gasteiger partial charge in [-0.15, -0.1) is 0 Å². The highest BCUT2D eigenvalue weighted by atomic mass is 16.5. The minimum Gasteiger partial charge on any atom is -0.491 e. The number of benzene rings is 2. The van der Waals surface area contributed by atoms with Crippen LogP contribution in [0.3, 0.4) is 0 Å². The van der Waals surface area contributed by atoms with E-state index in [0.29, 0.717) is 13.2 Å². The quantitative estimate of drug-likeness (QED) is 0.773. The number of ether oxygens (including phenoxy) is 1. The molecule has 20 heavy (non-hydrogen) atoms. The summed E-state index contributed by atoms with van der Waals surface area (Å²) in [7, 11) is 0. The lowest BCUT2D eigenvalue weighted by atomic mass is 10.0. The Kier molecular flexibility index (Phi) is 3.65. The fraction of sp³-hybridized carbons (Fsp3) is 0.188. The van der Waals surface area contributed by atoms with Gasteiger partial charge in [-0.3, -0.25) is 4.68 Å². The van der Waals surface area contributed by atoms with Crippen LogP contribution >= 0.6 is 0 Å². The van der Waals surface area contributed by atoms with Crippen molar-refractivity contribution < 1.29 is 9.84 Å². The average molecular weight is 268 g/mol. The Morgan fingerprint density at radius 3 is 2.80 bits per heavy atom. The highest BCUT2D eigenvalue weighted by Gasteiger charge is 2.07. The first kappa shape index (κ1) is 12.7. The summed E-state index contributed by atoms with van der Waals surface area (Å²) in [5.74, 6) is 0.735. The van der Waals surface area contributed by atoms with Crippen LogP contribution in [0.25, 0.3) is 10.8 Å². The van der Waals surface area contributed by atoms with Crippen LogP contribution in [0.4, 0.5) is 0 Å². The van der Waals surface area contributed by atoms with E-state index >= 15 is 0 Å². The molecule has 1 heterocycles. The molecule has 3 aromatic rings. The standard InChI is InChI=1S/C16H16N2O2/c19-12-15-14-5-2-1-4-13(14)6-7-16(15)20-11-10-18-9-3-8-17-18/h1-9,19H,10-12H2. The summed E-state index contributed by atoms with van der Waals surface area (Å²) >= 11 is 0. The van der Waals surface area contributed by atoms with Crippen LogP contribution in [-0.4, -0.2) is 21.5 Å². The predicted molar refractivity (Wildman–Crippen MR) is 77.6 cm³/mol. The molecule has 0 saturated carbocycles. The van der Waals surface area contributed by atoms with E-state index in [2.05, 4.69) is 5.10 Å². The van der Waals surface area contributed by atoms with Crippen molar-refractivity contribution in [2.75, 3.05) is 6.61 Å². The van der Waals surface area contributed by atoms with Gasteiger partial charge in [0.2, 0.25) is 0 Å². The van der Waals surface area contributed by atoms with E-state index in [9.17, 15) is 5.11 Å². The van der Waals surface area contributed by atoms with Crippen molar-refractivity contribution in [3.63, 3.8) is 0 Å². The van der Waals surface area contributed by atoms with Crippen molar-refractivity contribution in [1.29, 1.82) is 0 Å². The molecule has 0 aliphatic heterocycles. The molecule has 0 fully saturated rings. The van der Waals surface area contributed by atoms with Crippen molar-refractivity contribution >= 4 is 10.8 Å². The maximum Gasteiger partial charge on any atom is 0.125 e. The molecule has 3 rings (SSSR count). The number of nitrogens with zero attached hydrogens (tertiary/aromatic N) is 2. The summed E-state index contributed by atoms with van der Waals surface area (Å²) in [6.07, 6.45) is 3.64. The summed E-state index contributed by atoms with van der Waals surface area (Å²) in [6.45, 7) is 1.18. The van der Waals surface area contributed by atoms with Crippen molar-refractivity contribution in [3.05, 3.63) is 60.4 Å². The maximum absolute atomic E-state index is 9.60. The zero-order valence-corrected chi connectivity index (χ0v) is 11.1. The first-order valence-corrected chi connectivity index (χ1v) is 6.60. The van der Waals surface area contributed by atoms with E-state index in [1.165, 1.54) is 0 Å². The van der Waals surface area contributed by atoms with Crippen LogP contribution in [0.2, 0.25) is 0 Å². The minimum atomic E-state index is -0.0293. The monoisotopic (exact) mass is 268 g/mol. The summed E-state index contributed by atoms with van der Waals surface area (Å²) in [5.41, 5.74) is 0.837. The SMILES string of the molecule is OCc1c(OCCn2cccn2)ccc2ccccc12. The van der Waals surface area contributed by atoms with Gasteiger partial charge in [-0.1, -0.05) is 30.3 Å². The molecule has 2 aromatic carbocycles. The van der Waals surface area contributed by atoms with Gasteiger partial charge in [0.15, 0.2) is 0 Å². The highest BCUT2D eigenvalue weighted by molar-refractivity contribution is 5.87. The molecule has 0 atom stereocenters. The fourth-order valence-electron chi connectivity index (χ4n) is 2.30. The van der Waals surface area contributed by atoms with Gasteiger partial charge < -0.3 is 9.84 Å². The Labute approximate surface area is 117 Å². The second-order valence-corrected chi connectivity index (χ2v) is 4.54. The normalized spacial score (nSPS) is 10.8. The Bertz CT molecular complexity index is 693. The van der Waals surface area contributed by atoms with E-state index in [-0.39, 0.29) is 6.61 Å². The zero-order chi connectivity index (χ0) is 13.8. The fourth-order valence-corrected chi connectivity index (χ4v) is 2.30. The van der Waals surface area contributed by atoms with Gasteiger partial charge in [0, 0.05) is 18.0 Å². The summed E-state index contributed by atoms with van der Waals surface area (Å²) in [6, 6.07) is 13.8. The van der Waals surface area contributed by atoms with Gasteiger partial charge >= 0.3 is 0 Å². The van der Waals surface area contributed by atoms with Crippen LogP contribution in [0.15, 0.2) is 54.9 Å². The molecule has 0 spiro atoms. The zero-order valence-electron chi connectivity index (χ0n) is 11.1. The molecule has 0 unspecified atom stereocenters. The Morgan fingerprint density at radius 1 is 1.10 bits per heavy atom. The van der Waals surface area contributed by atoms with Crippen molar-refractivity contribution in [2.24, 2.45) is 0 Å². The number of fused-ring (bicyclic) bond motifs is 1. The van der Waals surface area contributed by atoms with E-state index in [0.717, 1.165) is 22.1 Å². The second kappa shape index (κ2) is 5.75. The predicted octanol–water partition coefficient (Wildman–Crippen LogP) is 2.61. The molecule has 102 valence electrons. The molecular weight excluding hydrogens is 252 g/mol. The molecule has 1 aromatic heterocycles. The lowest BCUT2D eigenvalue weighted by Gasteiger charge is -2.12. The lowest BCUT2D eigenvalue weighted by Crippen LogP contribution is -2.09. The number of aliphatic hydroxyl groups excluding tert-OH is 1. The summed E-state index contributed by atoms with van der Waals surface area (Å²) in [5, 5.41) is 15.9. The first-order chi connectivity index (χ1) is 9.88. The number of aromatic nitrogens is 2. The smallest absolute Gasteiger partial charge is 0.125 e. The molecule has 1 N–H and O–H groups in total. The molecule has 4 heteroatoms.